The highest BCUT2D eigenvalue weighted by Gasteiger charge is 2.18. The number of aryl methyl sites for hydroxylation is 2. The maximum absolute atomic E-state index is 12.4. The molecule has 0 unspecified atom stereocenters. The summed E-state index contributed by atoms with van der Waals surface area (Å²) in [6.07, 6.45) is -0.875. The van der Waals surface area contributed by atoms with Gasteiger partial charge in [-0.3, -0.25) is 0 Å². The van der Waals surface area contributed by atoms with Crippen molar-refractivity contribution in [1.82, 2.24) is 9.80 Å². The first-order valence-electron chi connectivity index (χ1n) is 11.0. The van der Waals surface area contributed by atoms with Gasteiger partial charge in [-0.15, -0.1) is 0 Å². The molecule has 186 valence electrons. The number of benzene rings is 2. The zero-order valence-electron chi connectivity index (χ0n) is 20.2. The lowest BCUT2D eigenvalue weighted by atomic mass is 10.2. The molecular weight excluding hydrogens is 515 g/mol. The molecule has 0 atom stereocenters. The van der Waals surface area contributed by atoms with Crippen molar-refractivity contribution in [3.63, 3.8) is 0 Å². The molecule has 34 heavy (non-hydrogen) atoms. The molecule has 6 nitrogen and oxygen atoms in total. The fraction of sp³-hybridized carbons (Fsp3) is 0.417. The topological polar surface area (TPSA) is 59.1 Å². The van der Waals surface area contributed by atoms with E-state index in [0.717, 1.165) is 20.9 Å². The quantitative estimate of drug-likeness (QED) is 0.297. The largest absolute Gasteiger partial charge is 0.415 e. The van der Waals surface area contributed by atoms with E-state index in [1.165, 1.54) is 21.6 Å². The number of hydrogen-bond donors (Lipinski definition) is 0. The third kappa shape index (κ3) is 7.38. The first-order valence-corrected chi connectivity index (χ1v) is 13.9. The molecule has 0 aliphatic heterocycles. The number of carbonyl (C=O) groups is 2. The fourth-order valence-electron chi connectivity index (χ4n) is 2.97. The van der Waals surface area contributed by atoms with Crippen LogP contribution in [-0.2, 0) is 0 Å². The summed E-state index contributed by atoms with van der Waals surface area (Å²) in [5.41, 5.74) is 1.90. The number of ether oxygens (including phenoxy) is 2. The Kier molecular flexibility index (Phi) is 11.2. The number of carbonyl (C=O) groups excluding carboxylic acids is 2. The van der Waals surface area contributed by atoms with E-state index >= 15 is 0 Å². The van der Waals surface area contributed by atoms with E-state index in [2.05, 4.69) is 0 Å². The van der Waals surface area contributed by atoms with Gasteiger partial charge in [0.15, 0.2) is 11.5 Å². The van der Waals surface area contributed by atoms with E-state index in [1.807, 2.05) is 41.5 Å². The second-order valence-corrected chi connectivity index (χ2v) is 10.4. The van der Waals surface area contributed by atoms with Gasteiger partial charge in [-0.1, -0.05) is 44.8 Å². The molecule has 0 bridgehead atoms. The van der Waals surface area contributed by atoms with Gasteiger partial charge in [-0.25, -0.2) is 9.59 Å². The summed E-state index contributed by atoms with van der Waals surface area (Å²) in [5.74, 6) is 0.628. The lowest BCUT2D eigenvalue weighted by Gasteiger charge is -2.19. The third-order valence-electron chi connectivity index (χ3n) is 5.12. The number of rotatable bonds is 9. The summed E-state index contributed by atoms with van der Waals surface area (Å²) >= 11 is 12.7. The van der Waals surface area contributed by atoms with Gasteiger partial charge in [0.05, 0.1) is 10.0 Å². The molecule has 2 aromatic carbocycles. The van der Waals surface area contributed by atoms with Gasteiger partial charge < -0.3 is 19.3 Å². The highest BCUT2D eigenvalue weighted by Crippen LogP contribution is 2.45. The maximum atomic E-state index is 12.4. The summed E-state index contributed by atoms with van der Waals surface area (Å²) in [6, 6.07) is 7.09. The maximum Gasteiger partial charge on any atom is 0.415 e. The van der Waals surface area contributed by atoms with Crippen LogP contribution in [0.3, 0.4) is 0 Å². The smallest absolute Gasteiger partial charge is 0.409 e. The van der Waals surface area contributed by atoms with E-state index < -0.39 is 12.2 Å². The van der Waals surface area contributed by atoms with Crippen molar-refractivity contribution < 1.29 is 19.1 Å². The Balaban J connectivity index is 2.22. The number of amides is 2. The summed E-state index contributed by atoms with van der Waals surface area (Å²) in [4.78, 5) is 29.7. The van der Waals surface area contributed by atoms with Crippen molar-refractivity contribution in [3.05, 3.63) is 45.4 Å². The van der Waals surface area contributed by atoms with Crippen LogP contribution in [0.1, 0.15) is 38.8 Å². The van der Waals surface area contributed by atoms with Crippen LogP contribution >= 0.6 is 44.8 Å². The molecule has 0 spiro atoms. The summed E-state index contributed by atoms with van der Waals surface area (Å²) in [6.45, 7) is 13.6. The van der Waals surface area contributed by atoms with Crippen LogP contribution in [0.4, 0.5) is 9.59 Å². The van der Waals surface area contributed by atoms with Crippen molar-refractivity contribution in [2.45, 2.75) is 51.3 Å². The number of halogens is 2. The van der Waals surface area contributed by atoms with Crippen molar-refractivity contribution >= 4 is 57.0 Å². The van der Waals surface area contributed by atoms with Gasteiger partial charge in [0.25, 0.3) is 0 Å². The number of nitrogens with zero attached hydrogens (tertiary/aromatic N) is 2. The van der Waals surface area contributed by atoms with Gasteiger partial charge >= 0.3 is 12.2 Å². The Labute approximate surface area is 219 Å². The predicted octanol–water partition coefficient (Wildman–Crippen LogP) is 8.09. The highest BCUT2D eigenvalue weighted by atomic mass is 35.5. The van der Waals surface area contributed by atoms with E-state index in [4.69, 9.17) is 32.7 Å². The zero-order valence-corrected chi connectivity index (χ0v) is 23.4. The van der Waals surface area contributed by atoms with Crippen LogP contribution in [0.15, 0.2) is 34.1 Å². The molecule has 0 saturated heterocycles. The first-order chi connectivity index (χ1) is 16.1. The summed E-state index contributed by atoms with van der Waals surface area (Å²) < 4.78 is 11.1. The van der Waals surface area contributed by atoms with Crippen LogP contribution in [0.25, 0.3) is 0 Å². The third-order valence-corrected chi connectivity index (χ3v) is 8.36. The molecule has 10 heteroatoms. The van der Waals surface area contributed by atoms with E-state index in [0.29, 0.717) is 47.7 Å². The lowest BCUT2D eigenvalue weighted by molar-refractivity contribution is 0.156. The Morgan fingerprint density at radius 1 is 0.706 bits per heavy atom. The molecule has 0 aromatic heterocycles. The van der Waals surface area contributed by atoms with Crippen LogP contribution in [0, 0.1) is 13.8 Å². The predicted molar refractivity (Wildman–Crippen MR) is 142 cm³/mol. The average molecular weight is 546 g/mol. The highest BCUT2D eigenvalue weighted by molar-refractivity contribution is 8.76. The van der Waals surface area contributed by atoms with Gasteiger partial charge in [-0.2, -0.15) is 0 Å². The molecule has 0 radical (unpaired) electrons. The second kappa shape index (κ2) is 13.4. The van der Waals surface area contributed by atoms with Crippen LogP contribution in [0.2, 0.25) is 10.0 Å². The minimum absolute atomic E-state index is 0.314. The van der Waals surface area contributed by atoms with Crippen LogP contribution in [-0.4, -0.2) is 48.2 Å². The minimum atomic E-state index is -0.437. The normalized spacial score (nSPS) is 10.7. The molecule has 0 aliphatic carbocycles. The molecule has 2 rings (SSSR count). The zero-order chi connectivity index (χ0) is 25.4. The number of hydrogen-bond acceptors (Lipinski definition) is 6. The first kappa shape index (κ1) is 28.5. The Hall–Kier alpha value is -1.74. The van der Waals surface area contributed by atoms with Crippen molar-refractivity contribution in [1.29, 1.82) is 0 Å². The molecule has 2 amide bonds. The Morgan fingerprint density at radius 3 is 1.32 bits per heavy atom. The van der Waals surface area contributed by atoms with Gasteiger partial charge in [0.1, 0.15) is 0 Å². The van der Waals surface area contributed by atoms with Crippen molar-refractivity contribution in [2.75, 3.05) is 26.2 Å². The lowest BCUT2D eigenvalue weighted by Crippen LogP contribution is -2.33. The van der Waals surface area contributed by atoms with E-state index in [-0.39, 0.29) is 0 Å². The molecule has 0 saturated carbocycles. The monoisotopic (exact) mass is 544 g/mol. The van der Waals surface area contributed by atoms with Crippen LogP contribution < -0.4 is 9.47 Å². The van der Waals surface area contributed by atoms with Crippen molar-refractivity contribution in [3.8, 4) is 11.5 Å². The molecule has 2 aromatic rings. The Bertz CT molecular complexity index is 947. The van der Waals surface area contributed by atoms with Gasteiger partial charge in [-0.05, 0) is 76.9 Å². The second-order valence-electron chi connectivity index (χ2n) is 7.34. The summed E-state index contributed by atoms with van der Waals surface area (Å²) in [7, 11) is 2.98. The van der Waals surface area contributed by atoms with E-state index in [9.17, 15) is 9.59 Å². The molecule has 0 fully saturated rings. The molecular formula is C24H30Cl2N2O4S2. The Morgan fingerprint density at radius 2 is 1.03 bits per heavy atom. The average Bonchev–Trinajstić information content (AvgIpc) is 2.79. The van der Waals surface area contributed by atoms with Gasteiger partial charge in [0, 0.05) is 36.0 Å². The minimum Gasteiger partial charge on any atom is -0.409 e. The van der Waals surface area contributed by atoms with Crippen LogP contribution in [0.5, 0.6) is 11.5 Å². The summed E-state index contributed by atoms with van der Waals surface area (Å²) in [5, 5.41) is 0.751. The van der Waals surface area contributed by atoms with E-state index in [1.54, 1.807) is 34.1 Å². The molecule has 0 heterocycles. The SMILES string of the molecule is CCN(CC)C(=O)Oc1cc(SSc2cc(OC(=O)N(CC)CC)c(Cl)cc2C)c(C)cc1Cl. The standard InChI is InChI=1S/C24H30Cl2N2O4S2/c1-7-27(8-2)23(29)31-19-13-21(15(5)11-17(19)25)33-34-22-14-20(18(26)12-16(22)6)32-24(30)28(9-3)10-4/h11-14H,7-10H2,1-6H3. The molecule has 0 N–H and O–H groups in total. The molecule has 0 aliphatic rings. The fourth-order valence-corrected chi connectivity index (χ4v) is 5.98. The van der Waals surface area contributed by atoms with Crippen molar-refractivity contribution in [2.24, 2.45) is 0 Å². The van der Waals surface area contributed by atoms with Gasteiger partial charge in [0.2, 0.25) is 0 Å².